The molecule has 1 aromatic carbocycles. The molecule has 0 saturated carbocycles. The molecule has 1 aromatic heterocycles. The van der Waals surface area contributed by atoms with Gasteiger partial charge in [-0.2, -0.15) is 4.98 Å². The predicted octanol–water partition coefficient (Wildman–Crippen LogP) is 1.31. The predicted molar refractivity (Wildman–Crippen MR) is 70.2 cm³/mol. The van der Waals surface area contributed by atoms with Crippen molar-refractivity contribution in [3.63, 3.8) is 0 Å². The normalized spacial score (nSPS) is 12.1. The molecule has 0 bridgehead atoms. The van der Waals surface area contributed by atoms with Gasteiger partial charge in [0.25, 0.3) is 0 Å². The van der Waals surface area contributed by atoms with Crippen molar-refractivity contribution in [2.75, 3.05) is 7.11 Å². The van der Waals surface area contributed by atoms with Gasteiger partial charge in [-0.15, -0.1) is 0 Å². The van der Waals surface area contributed by atoms with Crippen LogP contribution in [0, 0.1) is 0 Å². The summed E-state index contributed by atoms with van der Waals surface area (Å²) < 4.78 is 10.1. The molecule has 0 aliphatic carbocycles. The minimum Gasteiger partial charge on any atom is -0.497 e. The van der Waals surface area contributed by atoms with Crippen LogP contribution < -0.4 is 10.1 Å². The van der Waals surface area contributed by atoms with Crippen LogP contribution in [0.5, 0.6) is 5.75 Å². The summed E-state index contributed by atoms with van der Waals surface area (Å²) in [6.45, 7) is 1.75. The summed E-state index contributed by atoms with van der Waals surface area (Å²) >= 11 is 0. The lowest BCUT2D eigenvalue weighted by molar-refractivity contribution is -0.139. The Morgan fingerprint density at radius 2 is 2.15 bits per heavy atom. The second-order valence-electron chi connectivity index (χ2n) is 4.18. The molecule has 0 aliphatic rings. The van der Waals surface area contributed by atoms with Crippen LogP contribution in [0.25, 0.3) is 11.4 Å². The molecule has 1 atom stereocenters. The summed E-state index contributed by atoms with van der Waals surface area (Å²) in [5, 5.41) is 15.4. The number of carboxylic acid groups (broad SMARTS) is 1. The molecular formula is C13H15N3O4. The standard InChI is InChI=1S/C13H15N3O4/c1-8(13(17)18)14-7-11-15-12(16-20-11)9-3-5-10(19-2)6-4-9/h3-6,8,14H,7H2,1-2H3,(H,17,18)/t8-/m0/s1. The number of benzene rings is 1. The van der Waals surface area contributed by atoms with Crippen molar-refractivity contribution in [3.8, 4) is 17.1 Å². The number of hydrogen-bond donors (Lipinski definition) is 2. The lowest BCUT2D eigenvalue weighted by Gasteiger charge is -2.05. The maximum atomic E-state index is 10.7. The zero-order chi connectivity index (χ0) is 14.5. The maximum absolute atomic E-state index is 10.7. The summed E-state index contributed by atoms with van der Waals surface area (Å²) in [6.07, 6.45) is 0. The molecule has 0 radical (unpaired) electrons. The monoisotopic (exact) mass is 277 g/mol. The van der Waals surface area contributed by atoms with Crippen LogP contribution in [0.2, 0.25) is 0 Å². The molecule has 0 aliphatic heterocycles. The van der Waals surface area contributed by atoms with Gasteiger partial charge in [0.2, 0.25) is 11.7 Å². The summed E-state index contributed by atoms with van der Waals surface area (Å²) in [5.74, 6) is 0.602. The van der Waals surface area contributed by atoms with E-state index in [2.05, 4.69) is 15.5 Å². The zero-order valence-electron chi connectivity index (χ0n) is 11.2. The second-order valence-corrected chi connectivity index (χ2v) is 4.18. The van der Waals surface area contributed by atoms with Gasteiger partial charge in [-0.3, -0.25) is 10.1 Å². The molecule has 0 fully saturated rings. The first-order valence-corrected chi connectivity index (χ1v) is 6.03. The first kappa shape index (κ1) is 14.0. The van der Waals surface area contributed by atoms with Crippen molar-refractivity contribution < 1.29 is 19.2 Å². The molecule has 7 nitrogen and oxygen atoms in total. The Balaban J connectivity index is 2.02. The van der Waals surface area contributed by atoms with Gasteiger partial charge in [0.15, 0.2) is 0 Å². The van der Waals surface area contributed by atoms with E-state index in [0.29, 0.717) is 11.7 Å². The number of nitrogens with zero attached hydrogens (tertiary/aromatic N) is 2. The average molecular weight is 277 g/mol. The van der Waals surface area contributed by atoms with E-state index in [1.807, 2.05) is 12.1 Å². The largest absolute Gasteiger partial charge is 0.497 e. The number of nitrogens with one attached hydrogen (secondary N) is 1. The van der Waals surface area contributed by atoms with Crippen LogP contribution in [-0.4, -0.2) is 34.4 Å². The maximum Gasteiger partial charge on any atom is 0.320 e. The van der Waals surface area contributed by atoms with Crippen LogP contribution in [0.3, 0.4) is 0 Å². The molecule has 0 saturated heterocycles. The number of methoxy groups -OCH3 is 1. The highest BCUT2D eigenvalue weighted by Gasteiger charge is 2.13. The van der Waals surface area contributed by atoms with Gasteiger partial charge in [0.05, 0.1) is 13.7 Å². The number of rotatable bonds is 6. The van der Waals surface area contributed by atoms with Crippen molar-refractivity contribution in [3.05, 3.63) is 30.2 Å². The molecule has 20 heavy (non-hydrogen) atoms. The van der Waals surface area contributed by atoms with Crippen molar-refractivity contribution >= 4 is 5.97 Å². The lowest BCUT2D eigenvalue weighted by atomic mass is 10.2. The number of aliphatic carboxylic acids is 1. The Bertz CT molecular complexity index is 580. The van der Waals surface area contributed by atoms with Gasteiger partial charge < -0.3 is 14.4 Å². The van der Waals surface area contributed by atoms with E-state index >= 15 is 0 Å². The van der Waals surface area contributed by atoms with Gasteiger partial charge in [-0.25, -0.2) is 0 Å². The second kappa shape index (κ2) is 6.16. The number of hydrogen-bond acceptors (Lipinski definition) is 6. The van der Waals surface area contributed by atoms with Gasteiger partial charge in [0.1, 0.15) is 11.8 Å². The highest BCUT2D eigenvalue weighted by atomic mass is 16.5. The fourth-order valence-corrected chi connectivity index (χ4v) is 1.51. The molecule has 0 amide bonds. The number of carbonyl (C=O) groups is 1. The Morgan fingerprint density at radius 1 is 1.45 bits per heavy atom. The minimum absolute atomic E-state index is 0.205. The minimum atomic E-state index is -0.931. The Morgan fingerprint density at radius 3 is 2.75 bits per heavy atom. The SMILES string of the molecule is COc1ccc(-c2noc(CN[C@@H](C)C(=O)O)n2)cc1. The van der Waals surface area contributed by atoms with Crippen molar-refractivity contribution in [2.45, 2.75) is 19.5 Å². The zero-order valence-corrected chi connectivity index (χ0v) is 11.2. The third kappa shape index (κ3) is 3.33. The topological polar surface area (TPSA) is 97.5 Å². The van der Waals surface area contributed by atoms with E-state index in [1.54, 1.807) is 26.2 Å². The van der Waals surface area contributed by atoms with Crippen LogP contribution >= 0.6 is 0 Å². The van der Waals surface area contributed by atoms with E-state index < -0.39 is 12.0 Å². The van der Waals surface area contributed by atoms with E-state index in [-0.39, 0.29) is 6.54 Å². The average Bonchev–Trinajstić information content (AvgIpc) is 2.93. The fraction of sp³-hybridized carbons (Fsp3) is 0.308. The molecule has 0 unspecified atom stereocenters. The van der Waals surface area contributed by atoms with Gasteiger partial charge in [-0.05, 0) is 31.2 Å². The number of carboxylic acids is 1. The Kier molecular flexibility index (Phi) is 4.31. The molecule has 0 spiro atoms. The fourth-order valence-electron chi connectivity index (χ4n) is 1.51. The van der Waals surface area contributed by atoms with E-state index in [1.165, 1.54) is 0 Å². The quantitative estimate of drug-likeness (QED) is 0.821. The molecule has 7 heteroatoms. The molecule has 1 heterocycles. The van der Waals surface area contributed by atoms with Crippen LogP contribution in [0.15, 0.2) is 28.8 Å². The van der Waals surface area contributed by atoms with E-state index in [9.17, 15) is 4.79 Å². The summed E-state index contributed by atoms with van der Waals surface area (Å²) in [5.41, 5.74) is 0.798. The molecule has 106 valence electrons. The highest BCUT2D eigenvalue weighted by molar-refractivity contribution is 5.72. The smallest absolute Gasteiger partial charge is 0.320 e. The third-order valence-corrected chi connectivity index (χ3v) is 2.75. The first-order valence-electron chi connectivity index (χ1n) is 6.03. The van der Waals surface area contributed by atoms with Crippen molar-refractivity contribution in [1.82, 2.24) is 15.5 Å². The van der Waals surface area contributed by atoms with Gasteiger partial charge >= 0.3 is 5.97 Å². The Hall–Kier alpha value is -2.41. The van der Waals surface area contributed by atoms with E-state index in [4.69, 9.17) is 14.4 Å². The third-order valence-electron chi connectivity index (χ3n) is 2.75. The summed E-state index contributed by atoms with van der Waals surface area (Å²) in [7, 11) is 1.59. The van der Waals surface area contributed by atoms with Crippen LogP contribution in [0.1, 0.15) is 12.8 Å². The van der Waals surface area contributed by atoms with E-state index in [0.717, 1.165) is 11.3 Å². The molecular weight excluding hydrogens is 262 g/mol. The summed E-state index contributed by atoms with van der Waals surface area (Å²) in [4.78, 5) is 14.9. The Labute approximate surface area is 115 Å². The van der Waals surface area contributed by atoms with Gasteiger partial charge in [0, 0.05) is 5.56 Å². The van der Waals surface area contributed by atoms with Crippen molar-refractivity contribution in [1.29, 1.82) is 0 Å². The molecule has 2 N–H and O–H groups in total. The first-order chi connectivity index (χ1) is 9.60. The van der Waals surface area contributed by atoms with Gasteiger partial charge in [-0.1, -0.05) is 5.16 Å². The lowest BCUT2D eigenvalue weighted by Crippen LogP contribution is -2.33. The number of aromatic nitrogens is 2. The highest BCUT2D eigenvalue weighted by Crippen LogP contribution is 2.19. The van der Waals surface area contributed by atoms with Crippen LogP contribution in [-0.2, 0) is 11.3 Å². The number of ether oxygens (including phenoxy) is 1. The summed E-state index contributed by atoms with van der Waals surface area (Å²) in [6, 6.07) is 6.57. The molecule has 2 aromatic rings. The molecule has 2 rings (SSSR count). The van der Waals surface area contributed by atoms with Crippen molar-refractivity contribution in [2.24, 2.45) is 0 Å². The van der Waals surface area contributed by atoms with Crippen LogP contribution in [0.4, 0.5) is 0 Å².